The summed E-state index contributed by atoms with van der Waals surface area (Å²) in [6, 6.07) is -0.790. The quantitative estimate of drug-likeness (QED) is 0.0598. The highest BCUT2D eigenvalue weighted by molar-refractivity contribution is 5.86. The lowest BCUT2D eigenvalue weighted by Gasteiger charge is -2.23. The third kappa shape index (κ3) is 22.8. The van der Waals surface area contributed by atoms with E-state index in [1.54, 1.807) is 4.90 Å². The maximum absolute atomic E-state index is 13.3. The third-order valence-corrected chi connectivity index (χ3v) is 9.50. The number of nitrogens with zero attached hydrogens (tertiary/aromatic N) is 2. The molecule has 2 atom stereocenters. The van der Waals surface area contributed by atoms with Gasteiger partial charge in [-0.05, 0) is 39.9 Å². The number of nitrogens with one attached hydrogen (secondary N) is 1. The molecular weight excluding hydrogens is 574 g/mol. The number of esters is 1. The van der Waals surface area contributed by atoms with Crippen molar-refractivity contribution in [2.45, 2.75) is 199 Å². The molecule has 0 bridgehead atoms. The SMILES string of the molecule is CCCCCCCCCCCCCCOC(=O)[C@@H]1C[C@@H](NC(=O)CCCN(C)C)CN1C(=O)CCCCCCCCCCCCC. The molecule has 0 aromatic rings. The average molecular weight is 650 g/mol. The molecule has 0 aliphatic carbocycles. The summed E-state index contributed by atoms with van der Waals surface area (Å²) < 4.78 is 5.70. The minimum atomic E-state index is -0.593. The lowest BCUT2D eigenvalue weighted by Crippen LogP contribution is -2.42. The van der Waals surface area contributed by atoms with Crippen LogP contribution in [-0.4, -0.2) is 73.5 Å². The molecule has 0 aromatic heterocycles. The predicted molar refractivity (Wildman–Crippen MR) is 193 cm³/mol. The van der Waals surface area contributed by atoms with Gasteiger partial charge in [-0.15, -0.1) is 0 Å². The summed E-state index contributed by atoms with van der Waals surface area (Å²) in [6.45, 7) is 6.18. The first-order valence-corrected chi connectivity index (χ1v) is 19.8. The zero-order valence-corrected chi connectivity index (χ0v) is 30.9. The van der Waals surface area contributed by atoms with Gasteiger partial charge in [0, 0.05) is 31.8 Å². The predicted octanol–water partition coefficient (Wildman–Crippen LogP) is 9.36. The molecule has 1 saturated heterocycles. The number of hydrogen-bond acceptors (Lipinski definition) is 5. The van der Waals surface area contributed by atoms with Crippen molar-refractivity contribution in [3.05, 3.63) is 0 Å². The van der Waals surface area contributed by atoms with Gasteiger partial charge >= 0.3 is 5.97 Å². The normalized spacial score (nSPS) is 16.3. The van der Waals surface area contributed by atoms with E-state index >= 15 is 0 Å². The topological polar surface area (TPSA) is 79.0 Å². The van der Waals surface area contributed by atoms with Gasteiger partial charge in [0.05, 0.1) is 6.61 Å². The minimum absolute atomic E-state index is 0.00452. The Morgan fingerprint density at radius 3 is 1.57 bits per heavy atom. The lowest BCUT2D eigenvalue weighted by molar-refractivity contribution is -0.153. The largest absolute Gasteiger partial charge is 0.464 e. The number of unbranched alkanes of at least 4 members (excludes halogenated alkanes) is 21. The summed E-state index contributed by atoms with van der Waals surface area (Å²) in [5.41, 5.74) is 0. The Kier molecular flexibility index (Phi) is 27.2. The molecule has 0 aromatic carbocycles. The van der Waals surface area contributed by atoms with E-state index in [4.69, 9.17) is 4.74 Å². The number of amides is 2. The van der Waals surface area contributed by atoms with Crippen molar-refractivity contribution >= 4 is 17.8 Å². The molecule has 2 amide bonds. The van der Waals surface area contributed by atoms with Crippen molar-refractivity contribution in [2.24, 2.45) is 0 Å². The molecule has 1 aliphatic rings. The Morgan fingerprint density at radius 2 is 1.09 bits per heavy atom. The molecule has 1 heterocycles. The molecule has 7 heteroatoms. The van der Waals surface area contributed by atoms with Crippen LogP contribution in [0.25, 0.3) is 0 Å². The van der Waals surface area contributed by atoms with Crippen molar-refractivity contribution in [1.82, 2.24) is 15.1 Å². The van der Waals surface area contributed by atoms with Crippen LogP contribution in [0, 0.1) is 0 Å². The second kappa shape index (κ2) is 29.5. The summed E-state index contributed by atoms with van der Waals surface area (Å²) in [6.07, 6.45) is 31.0. The molecule has 270 valence electrons. The summed E-state index contributed by atoms with van der Waals surface area (Å²) in [7, 11) is 4.00. The van der Waals surface area contributed by atoms with Gasteiger partial charge < -0.3 is 19.9 Å². The molecule has 1 aliphatic heterocycles. The van der Waals surface area contributed by atoms with Crippen LogP contribution < -0.4 is 5.32 Å². The zero-order chi connectivity index (χ0) is 33.7. The smallest absolute Gasteiger partial charge is 0.328 e. The fourth-order valence-corrected chi connectivity index (χ4v) is 6.59. The monoisotopic (exact) mass is 650 g/mol. The molecule has 1 fully saturated rings. The minimum Gasteiger partial charge on any atom is -0.464 e. The molecule has 0 unspecified atom stereocenters. The van der Waals surface area contributed by atoms with Crippen molar-refractivity contribution < 1.29 is 19.1 Å². The van der Waals surface area contributed by atoms with E-state index in [2.05, 4.69) is 24.1 Å². The maximum atomic E-state index is 13.3. The fraction of sp³-hybridized carbons (Fsp3) is 0.923. The third-order valence-electron chi connectivity index (χ3n) is 9.50. The van der Waals surface area contributed by atoms with Crippen molar-refractivity contribution in [1.29, 1.82) is 0 Å². The molecule has 7 nitrogen and oxygen atoms in total. The molecular formula is C39H75N3O4. The number of rotatable bonds is 31. The highest BCUT2D eigenvalue weighted by Gasteiger charge is 2.40. The van der Waals surface area contributed by atoms with Crippen LogP contribution in [0.4, 0.5) is 0 Å². The number of carbonyl (C=O) groups is 3. The van der Waals surface area contributed by atoms with Gasteiger partial charge in [-0.3, -0.25) is 9.59 Å². The zero-order valence-electron chi connectivity index (χ0n) is 30.9. The summed E-state index contributed by atoms with van der Waals surface area (Å²) in [5.74, 6) is -0.289. The Balaban J connectivity index is 2.38. The van der Waals surface area contributed by atoms with Crippen LogP contribution in [0.5, 0.6) is 0 Å². The maximum Gasteiger partial charge on any atom is 0.328 e. The van der Waals surface area contributed by atoms with Crippen LogP contribution in [-0.2, 0) is 19.1 Å². The van der Waals surface area contributed by atoms with Crippen LogP contribution in [0.15, 0.2) is 0 Å². The molecule has 0 saturated carbocycles. The molecule has 1 rings (SSSR count). The van der Waals surface area contributed by atoms with E-state index in [9.17, 15) is 14.4 Å². The van der Waals surface area contributed by atoms with Crippen LogP contribution in [0.1, 0.15) is 187 Å². The van der Waals surface area contributed by atoms with Crippen molar-refractivity contribution in [3.8, 4) is 0 Å². The standard InChI is InChI=1S/C39H75N3O4/c1-5-7-9-11-13-15-17-19-21-23-25-27-32-46-39(45)36-33-35(40-37(43)29-28-31-41(3)4)34-42(36)38(44)30-26-24-22-20-18-16-14-12-10-8-6-2/h35-36H,5-34H2,1-4H3,(H,40,43)/t35-,36+/m1/s1. The van der Waals surface area contributed by atoms with E-state index in [1.165, 1.54) is 122 Å². The molecule has 0 radical (unpaired) electrons. The second-order valence-corrected chi connectivity index (χ2v) is 14.3. The number of likely N-dealkylation sites (tertiary alicyclic amines) is 1. The van der Waals surface area contributed by atoms with E-state index < -0.39 is 6.04 Å². The molecule has 1 N–H and O–H groups in total. The van der Waals surface area contributed by atoms with Gasteiger partial charge in [0.25, 0.3) is 0 Å². The average Bonchev–Trinajstić information content (AvgIpc) is 3.45. The van der Waals surface area contributed by atoms with Crippen LogP contribution >= 0.6 is 0 Å². The van der Waals surface area contributed by atoms with E-state index in [0.29, 0.717) is 32.4 Å². The lowest BCUT2D eigenvalue weighted by atomic mass is 10.0. The second-order valence-electron chi connectivity index (χ2n) is 14.3. The fourth-order valence-electron chi connectivity index (χ4n) is 6.59. The van der Waals surface area contributed by atoms with Gasteiger partial charge in [-0.1, -0.05) is 149 Å². The van der Waals surface area contributed by atoms with Crippen molar-refractivity contribution in [2.75, 3.05) is 33.8 Å². The number of hydrogen-bond donors (Lipinski definition) is 1. The van der Waals surface area contributed by atoms with Gasteiger partial charge in [-0.25, -0.2) is 4.79 Å². The first-order chi connectivity index (χ1) is 22.4. The van der Waals surface area contributed by atoms with Gasteiger partial charge in [0.2, 0.25) is 11.8 Å². The highest BCUT2D eigenvalue weighted by Crippen LogP contribution is 2.22. The van der Waals surface area contributed by atoms with Crippen LogP contribution in [0.3, 0.4) is 0 Å². The summed E-state index contributed by atoms with van der Waals surface area (Å²) >= 11 is 0. The van der Waals surface area contributed by atoms with E-state index in [1.807, 2.05) is 14.1 Å². The Bertz CT molecular complexity index is 760. The van der Waals surface area contributed by atoms with Gasteiger partial charge in [0.15, 0.2) is 0 Å². The van der Waals surface area contributed by atoms with Gasteiger partial charge in [-0.2, -0.15) is 0 Å². The van der Waals surface area contributed by atoms with Crippen LogP contribution in [0.2, 0.25) is 0 Å². The van der Waals surface area contributed by atoms with E-state index in [0.717, 1.165) is 38.6 Å². The van der Waals surface area contributed by atoms with Crippen molar-refractivity contribution in [3.63, 3.8) is 0 Å². The van der Waals surface area contributed by atoms with E-state index in [-0.39, 0.29) is 23.8 Å². The Morgan fingerprint density at radius 1 is 0.630 bits per heavy atom. The number of carbonyl (C=O) groups excluding carboxylic acids is 3. The Labute approximate surface area is 284 Å². The highest BCUT2D eigenvalue weighted by atomic mass is 16.5. The van der Waals surface area contributed by atoms with Gasteiger partial charge in [0.1, 0.15) is 6.04 Å². The summed E-state index contributed by atoms with van der Waals surface area (Å²) in [4.78, 5) is 42.8. The summed E-state index contributed by atoms with van der Waals surface area (Å²) in [5, 5.41) is 3.09. The first-order valence-electron chi connectivity index (χ1n) is 19.8. The molecule has 0 spiro atoms. The number of ether oxygens (including phenoxy) is 1. The Hall–Kier alpha value is -1.63. The molecule has 46 heavy (non-hydrogen) atoms. The first kappa shape index (κ1) is 42.4.